The van der Waals surface area contributed by atoms with E-state index in [9.17, 15) is 4.79 Å². The molecule has 2 rings (SSSR count). The highest BCUT2D eigenvalue weighted by atomic mass is 79.9. The van der Waals surface area contributed by atoms with Crippen molar-refractivity contribution in [2.45, 2.75) is 12.8 Å². The third-order valence-electron chi connectivity index (χ3n) is 1.92. The normalized spacial score (nSPS) is 10.6. The molecule has 1 N–H and O–H groups in total. The molecule has 3 nitrogen and oxygen atoms in total. The van der Waals surface area contributed by atoms with E-state index in [1.807, 2.05) is 16.8 Å². The van der Waals surface area contributed by atoms with E-state index in [2.05, 4.69) is 20.9 Å². The molecule has 0 saturated heterocycles. The summed E-state index contributed by atoms with van der Waals surface area (Å²) in [6, 6.07) is 2.02. The second kappa shape index (κ2) is 5.07. The third kappa shape index (κ3) is 2.90. The van der Waals surface area contributed by atoms with Gasteiger partial charge in [-0.2, -0.15) is 0 Å². The van der Waals surface area contributed by atoms with Gasteiger partial charge in [-0.1, -0.05) is 0 Å². The molecule has 16 heavy (non-hydrogen) atoms. The number of rotatable bonds is 4. The molecule has 0 atom stereocenters. The number of thiazole rings is 1. The number of carbonyl (C=O) groups is 1. The molecule has 0 amide bonds. The van der Waals surface area contributed by atoms with Crippen LogP contribution < -0.4 is 0 Å². The molecule has 0 bridgehead atoms. The average Bonchev–Trinajstić information content (AvgIpc) is 2.83. The number of aryl methyl sites for hydroxylation is 1. The molecule has 0 fully saturated rings. The number of hydrogen-bond donors (Lipinski definition) is 1. The third-order valence-corrected chi connectivity index (χ3v) is 4.68. The Morgan fingerprint density at radius 3 is 2.88 bits per heavy atom. The van der Waals surface area contributed by atoms with Crippen LogP contribution in [0.1, 0.15) is 12.1 Å². The lowest BCUT2D eigenvalue weighted by Crippen LogP contribution is -1.97. The minimum atomic E-state index is -0.784. The first kappa shape index (κ1) is 11.8. The highest BCUT2D eigenvalue weighted by molar-refractivity contribution is 9.10. The topological polar surface area (TPSA) is 50.2 Å². The van der Waals surface area contributed by atoms with E-state index in [0.717, 1.165) is 20.1 Å². The van der Waals surface area contributed by atoms with E-state index in [1.165, 1.54) is 0 Å². The number of carboxylic acid groups (broad SMARTS) is 1. The van der Waals surface area contributed by atoms with Crippen molar-refractivity contribution in [3.8, 4) is 9.88 Å². The van der Waals surface area contributed by atoms with Gasteiger partial charge in [0.05, 0.1) is 17.0 Å². The second-order valence-electron chi connectivity index (χ2n) is 3.17. The first-order valence-electron chi connectivity index (χ1n) is 4.56. The summed E-state index contributed by atoms with van der Waals surface area (Å²) in [5, 5.41) is 13.5. The summed E-state index contributed by atoms with van der Waals surface area (Å²) in [7, 11) is 0. The monoisotopic (exact) mass is 317 g/mol. The van der Waals surface area contributed by atoms with Gasteiger partial charge in [-0.25, -0.2) is 4.98 Å². The van der Waals surface area contributed by atoms with Crippen molar-refractivity contribution in [1.29, 1.82) is 0 Å². The maximum Gasteiger partial charge on any atom is 0.303 e. The zero-order valence-electron chi connectivity index (χ0n) is 8.14. The van der Waals surface area contributed by atoms with Gasteiger partial charge in [0.1, 0.15) is 5.01 Å². The van der Waals surface area contributed by atoms with Crippen LogP contribution in [0.25, 0.3) is 9.88 Å². The van der Waals surface area contributed by atoms with Gasteiger partial charge in [-0.15, -0.1) is 22.7 Å². The molecular weight excluding hydrogens is 310 g/mol. The van der Waals surface area contributed by atoms with Crippen molar-refractivity contribution in [3.63, 3.8) is 0 Å². The molecule has 0 aliphatic rings. The van der Waals surface area contributed by atoms with Crippen LogP contribution >= 0.6 is 38.6 Å². The summed E-state index contributed by atoms with van der Waals surface area (Å²) in [6.45, 7) is 0. The van der Waals surface area contributed by atoms with Crippen LogP contribution in [0, 0.1) is 0 Å². The molecule has 0 radical (unpaired) electrons. The minimum Gasteiger partial charge on any atom is -0.481 e. The first-order valence-corrected chi connectivity index (χ1v) is 7.11. The lowest BCUT2D eigenvalue weighted by atomic mass is 10.2. The Hall–Kier alpha value is -0.720. The average molecular weight is 318 g/mol. The first-order chi connectivity index (χ1) is 7.65. The summed E-state index contributed by atoms with van der Waals surface area (Å²) < 4.78 is 1.05. The van der Waals surface area contributed by atoms with Gasteiger partial charge in [0.15, 0.2) is 0 Å². The summed E-state index contributed by atoms with van der Waals surface area (Å²) in [5.41, 5.74) is 0.854. The van der Waals surface area contributed by atoms with Gasteiger partial charge in [0.2, 0.25) is 0 Å². The summed E-state index contributed by atoms with van der Waals surface area (Å²) in [6.07, 6.45) is 0.635. The number of aliphatic carboxylic acids is 1. The summed E-state index contributed by atoms with van der Waals surface area (Å²) in [5.74, 6) is -0.784. The lowest BCUT2D eigenvalue weighted by molar-refractivity contribution is -0.136. The summed E-state index contributed by atoms with van der Waals surface area (Å²) in [4.78, 5) is 15.9. The van der Waals surface area contributed by atoms with Crippen molar-refractivity contribution in [3.05, 3.63) is 27.0 Å². The van der Waals surface area contributed by atoms with Gasteiger partial charge in [-0.05, 0) is 22.0 Å². The van der Waals surface area contributed by atoms with E-state index < -0.39 is 5.97 Å². The standard InChI is InChI=1S/C10H8BrNO2S2/c11-6-3-8(15-4-6)10-12-7(5-16-10)1-2-9(13)14/h3-5H,1-2H2,(H,13,14). The Bertz CT molecular complexity index is 506. The molecule has 2 heterocycles. The molecule has 84 valence electrons. The number of nitrogens with zero attached hydrogens (tertiary/aromatic N) is 1. The largest absolute Gasteiger partial charge is 0.481 e. The van der Waals surface area contributed by atoms with Gasteiger partial charge < -0.3 is 5.11 Å². The van der Waals surface area contributed by atoms with Gasteiger partial charge in [-0.3, -0.25) is 4.79 Å². The van der Waals surface area contributed by atoms with E-state index >= 15 is 0 Å². The van der Waals surface area contributed by atoms with Crippen molar-refractivity contribution >= 4 is 44.6 Å². The molecule has 0 aromatic carbocycles. The lowest BCUT2D eigenvalue weighted by Gasteiger charge is -1.91. The maximum absolute atomic E-state index is 10.4. The molecule has 0 saturated carbocycles. The van der Waals surface area contributed by atoms with Gasteiger partial charge in [0.25, 0.3) is 0 Å². The van der Waals surface area contributed by atoms with E-state index in [0.29, 0.717) is 6.42 Å². The highest BCUT2D eigenvalue weighted by Crippen LogP contribution is 2.32. The zero-order chi connectivity index (χ0) is 11.5. The molecule has 0 unspecified atom stereocenters. The molecule has 2 aromatic heterocycles. The van der Waals surface area contributed by atoms with Crippen molar-refractivity contribution in [1.82, 2.24) is 4.98 Å². The zero-order valence-corrected chi connectivity index (χ0v) is 11.4. The number of halogens is 1. The smallest absolute Gasteiger partial charge is 0.303 e. The van der Waals surface area contributed by atoms with Crippen LogP contribution in [0.5, 0.6) is 0 Å². The fourth-order valence-corrected chi connectivity index (χ4v) is 3.56. The maximum atomic E-state index is 10.4. The SMILES string of the molecule is O=C(O)CCc1csc(-c2cc(Br)cs2)n1. The van der Waals surface area contributed by atoms with Crippen molar-refractivity contribution in [2.24, 2.45) is 0 Å². The van der Waals surface area contributed by atoms with Crippen LogP contribution in [-0.2, 0) is 11.2 Å². The number of carboxylic acids is 1. The van der Waals surface area contributed by atoms with E-state index in [1.54, 1.807) is 22.7 Å². The summed E-state index contributed by atoms with van der Waals surface area (Å²) >= 11 is 6.57. The van der Waals surface area contributed by atoms with E-state index in [-0.39, 0.29) is 6.42 Å². The quantitative estimate of drug-likeness (QED) is 0.936. The number of aromatic nitrogens is 1. The van der Waals surface area contributed by atoms with Gasteiger partial charge >= 0.3 is 5.97 Å². The molecular formula is C10H8BrNO2S2. The van der Waals surface area contributed by atoms with Crippen LogP contribution in [0.4, 0.5) is 0 Å². The van der Waals surface area contributed by atoms with Crippen molar-refractivity contribution < 1.29 is 9.90 Å². The number of hydrogen-bond acceptors (Lipinski definition) is 4. The van der Waals surface area contributed by atoms with Crippen LogP contribution in [0.3, 0.4) is 0 Å². The highest BCUT2D eigenvalue weighted by Gasteiger charge is 2.08. The molecule has 0 aliphatic heterocycles. The molecule has 6 heteroatoms. The second-order valence-corrected chi connectivity index (χ2v) is 5.85. The number of thiophene rings is 1. The fourth-order valence-electron chi connectivity index (χ4n) is 1.20. The fraction of sp³-hybridized carbons (Fsp3) is 0.200. The molecule has 2 aromatic rings. The Morgan fingerprint density at radius 1 is 1.44 bits per heavy atom. The Morgan fingerprint density at radius 2 is 2.25 bits per heavy atom. The van der Waals surface area contributed by atoms with Crippen molar-refractivity contribution in [2.75, 3.05) is 0 Å². The Kier molecular flexibility index (Phi) is 3.73. The van der Waals surface area contributed by atoms with E-state index in [4.69, 9.17) is 5.11 Å². The minimum absolute atomic E-state index is 0.136. The predicted molar refractivity (Wildman–Crippen MR) is 69.1 cm³/mol. The molecule has 0 spiro atoms. The Balaban J connectivity index is 2.10. The predicted octanol–water partition coefficient (Wildman–Crippen LogP) is 3.65. The van der Waals surface area contributed by atoms with Crippen LogP contribution in [0.2, 0.25) is 0 Å². The van der Waals surface area contributed by atoms with Gasteiger partial charge in [0, 0.05) is 21.7 Å². The molecule has 0 aliphatic carbocycles. The van der Waals surface area contributed by atoms with Crippen LogP contribution in [-0.4, -0.2) is 16.1 Å². The Labute approximate surface area is 109 Å². The van der Waals surface area contributed by atoms with Crippen LogP contribution in [0.15, 0.2) is 21.3 Å².